The minimum Gasteiger partial charge on any atom is -0.315 e. The van der Waals surface area contributed by atoms with Gasteiger partial charge in [-0.15, -0.1) is 0 Å². The highest BCUT2D eigenvalue weighted by Crippen LogP contribution is 2.21. The molecular weight excluding hydrogens is 340 g/mol. The summed E-state index contributed by atoms with van der Waals surface area (Å²) in [7, 11) is 1.76. The number of aromatic nitrogens is 2. The van der Waals surface area contributed by atoms with Crippen LogP contribution >= 0.6 is 0 Å². The summed E-state index contributed by atoms with van der Waals surface area (Å²) in [5.74, 6) is -0.369. The van der Waals surface area contributed by atoms with Crippen LogP contribution in [0.25, 0.3) is 5.69 Å². The summed E-state index contributed by atoms with van der Waals surface area (Å²) in [4.78, 5) is 25.5. The van der Waals surface area contributed by atoms with Gasteiger partial charge < -0.3 is 5.32 Å². The van der Waals surface area contributed by atoms with E-state index in [0.29, 0.717) is 11.4 Å². The molecule has 2 aromatic rings. The maximum atomic E-state index is 12.9. The van der Waals surface area contributed by atoms with Crippen LogP contribution in [0.3, 0.4) is 0 Å². The second-order valence-electron chi connectivity index (χ2n) is 6.63. The number of hydrogen-bond acceptors (Lipinski definition) is 3. The molecule has 0 fully saturated rings. The van der Waals surface area contributed by atoms with Crippen LogP contribution in [0.1, 0.15) is 25.0 Å². The summed E-state index contributed by atoms with van der Waals surface area (Å²) in [5, 5.41) is 12.0. The summed E-state index contributed by atoms with van der Waals surface area (Å²) in [6, 6.07) is 11.2. The molecule has 0 saturated heterocycles. The number of hydrogen-bond donors (Lipinski definition) is 1. The molecule has 1 aromatic heterocycles. The van der Waals surface area contributed by atoms with Gasteiger partial charge in [-0.25, -0.2) is 4.68 Å². The zero-order chi connectivity index (χ0) is 19.4. The maximum absolute atomic E-state index is 12.9. The first-order valence-electron chi connectivity index (χ1n) is 8.95. The van der Waals surface area contributed by atoms with Crippen molar-refractivity contribution in [1.82, 2.24) is 9.36 Å². The molecule has 6 nitrogen and oxygen atoms in total. The molecule has 0 spiro atoms. The van der Waals surface area contributed by atoms with Crippen LogP contribution < -0.4 is 10.9 Å². The zero-order valence-corrected chi connectivity index (χ0v) is 15.5. The number of anilines is 1. The number of carbonyl (C=O) groups is 1. The van der Waals surface area contributed by atoms with Gasteiger partial charge >= 0.3 is 0 Å². The van der Waals surface area contributed by atoms with Gasteiger partial charge in [0, 0.05) is 7.05 Å². The molecule has 0 unspecified atom stereocenters. The minimum atomic E-state index is -0.543. The SMILES string of the molecule is Cc1c(NC(=O)/C(C#N)=C\[C@H]2CC=CCC2)c(=O)n(-c2ccccc2)n1C. The normalized spacial score (nSPS) is 16.8. The Hall–Kier alpha value is -3.33. The first kappa shape index (κ1) is 18.5. The number of nitriles is 1. The van der Waals surface area contributed by atoms with E-state index in [1.807, 2.05) is 36.4 Å². The Balaban J connectivity index is 1.90. The molecule has 3 rings (SSSR count). The highest BCUT2D eigenvalue weighted by molar-refractivity contribution is 6.06. The summed E-state index contributed by atoms with van der Waals surface area (Å²) in [6.07, 6.45) is 8.57. The lowest BCUT2D eigenvalue weighted by Crippen LogP contribution is -2.23. The number of allylic oxidation sites excluding steroid dienone is 3. The van der Waals surface area contributed by atoms with Gasteiger partial charge in [-0.2, -0.15) is 5.26 Å². The van der Waals surface area contributed by atoms with Crippen molar-refractivity contribution < 1.29 is 4.79 Å². The van der Waals surface area contributed by atoms with Gasteiger partial charge in [-0.1, -0.05) is 36.4 Å². The summed E-state index contributed by atoms with van der Waals surface area (Å²) in [6.45, 7) is 1.76. The molecule has 1 N–H and O–H groups in total. The molecule has 1 amide bonds. The number of nitrogens with one attached hydrogen (secondary N) is 1. The van der Waals surface area contributed by atoms with E-state index in [1.54, 1.807) is 24.7 Å². The minimum absolute atomic E-state index is 0.0456. The summed E-state index contributed by atoms with van der Waals surface area (Å²) >= 11 is 0. The molecule has 6 heteroatoms. The third-order valence-corrected chi connectivity index (χ3v) is 4.87. The first-order chi connectivity index (χ1) is 13.0. The number of rotatable bonds is 4. The van der Waals surface area contributed by atoms with E-state index in [-0.39, 0.29) is 22.7 Å². The number of amides is 1. The predicted octanol–water partition coefficient (Wildman–Crippen LogP) is 3.23. The molecule has 1 heterocycles. The van der Waals surface area contributed by atoms with Gasteiger partial charge in [0.2, 0.25) is 0 Å². The third-order valence-electron chi connectivity index (χ3n) is 4.87. The molecule has 0 radical (unpaired) electrons. The lowest BCUT2D eigenvalue weighted by atomic mass is 9.92. The zero-order valence-electron chi connectivity index (χ0n) is 15.5. The Morgan fingerprint density at radius 2 is 2.04 bits per heavy atom. The summed E-state index contributed by atoms with van der Waals surface area (Å²) in [5.41, 5.74) is 1.24. The highest BCUT2D eigenvalue weighted by Gasteiger charge is 2.20. The molecule has 0 bridgehead atoms. The van der Waals surface area contributed by atoms with Crippen molar-refractivity contribution in [3.8, 4) is 11.8 Å². The number of carbonyl (C=O) groups excluding carboxylic acids is 1. The predicted molar refractivity (Wildman–Crippen MR) is 105 cm³/mol. The number of nitrogens with zero attached hydrogens (tertiary/aromatic N) is 3. The van der Waals surface area contributed by atoms with Gasteiger partial charge in [-0.05, 0) is 44.2 Å². The van der Waals surface area contributed by atoms with Crippen LogP contribution in [-0.2, 0) is 11.8 Å². The fraction of sp³-hybridized carbons (Fsp3) is 0.286. The fourth-order valence-corrected chi connectivity index (χ4v) is 3.26. The lowest BCUT2D eigenvalue weighted by molar-refractivity contribution is -0.112. The third kappa shape index (κ3) is 3.77. The molecule has 27 heavy (non-hydrogen) atoms. The maximum Gasteiger partial charge on any atom is 0.295 e. The van der Waals surface area contributed by atoms with Gasteiger partial charge in [0.25, 0.3) is 11.5 Å². The van der Waals surface area contributed by atoms with E-state index in [4.69, 9.17) is 0 Å². The van der Waals surface area contributed by atoms with Crippen molar-refractivity contribution >= 4 is 11.6 Å². The second-order valence-corrected chi connectivity index (χ2v) is 6.63. The van der Waals surface area contributed by atoms with Crippen molar-refractivity contribution in [2.45, 2.75) is 26.2 Å². The largest absolute Gasteiger partial charge is 0.315 e. The van der Waals surface area contributed by atoms with Crippen molar-refractivity contribution in [3.63, 3.8) is 0 Å². The Morgan fingerprint density at radius 3 is 2.67 bits per heavy atom. The second kappa shape index (κ2) is 7.92. The van der Waals surface area contributed by atoms with Gasteiger partial charge in [-0.3, -0.25) is 14.3 Å². The van der Waals surface area contributed by atoms with E-state index >= 15 is 0 Å². The van der Waals surface area contributed by atoms with E-state index in [1.165, 1.54) is 4.68 Å². The molecule has 138 valence electrons. The fourth-order valence-electron chi connectivity index (χ4n) is 3.26. The van der Waals surface area contributed by atoms with Crippen LogP contribution in [0, 0.1) is 24.2 Å². The van der Waals surface area contributed by atoms with E-state index in [0.717, 1.165) is 19.3 Å². The molecule has 1 aliphatic carbocycles. The Labute approximate surface area is 158 Å². The molecule has 1 aromatic carbocycles. The van der Waals surface area contributed by atoms with E-state index in [2.05, 4.69) is 17.5 Å². The van der Waals surface area contributed by atoms with Crippen LogP contribution in [0.2, 0.25) is 0 Å². The molecule has 0 aliphatic heterocycles. The van der Waals surface area contributed by atoms with Gasteiger partial charge in [0.1, 0.15) is 17.3 Å². The first-order valence-corrected chi connectivity index (χ1v) is 8.95. The average Bonchev–Trinajstić information content (AvgIpc) is 2.90. The lowest BCUT2D eigenvalue weighted by Gasteiger charge is -2.13. The van der Waals surface area contributed by atoms with Crippen molar-refractivity contribution in [2.24, 2.45) is 13.0 Å². The topological polar surface area (TPSA) is 79.8 Å². The van der Waals surface area contributed by atoms with Crippen LogP contribution in [-0.4, -0.2) is 15.3 Å². The Bertz CT molecular complexity index is 1000. The van der Waals surface area contributed by atoms with Gasteiger partial charge in [0.05, 0.1) is 11.4 Å². The van der Waals surface area contributed by atoms with Crippen LogP contribution in [0.5, 0.6) is 0 Å². The molecule has 1 atom stereocenters. The molecule has 1 aliphatic rings. The van der Waals surface area contributed by atoms with Crippen molar-refractivity contribution in [1.29, 1.82) is 5.26 Å². The van der Waals surface area contributed by atoms with Gasteiger partial charge in [0.15, 0.2) is 0 Å². The van der Waals surface area contributed by atoms with E-state index < -0.39 is 5.91 Å². The number of para-hydroxylation sites is 1. The average molecular weight is 362 g/mol. The molecule has 0 saturated carbocycles. The smallest absolute Gasteiger partial charge is 0.295 e. The quantitative estimate of drug-likeness (QED) is 0.515. The van der Waals surface area contributed by atoms with Crippen molar-refractivity contribution in [3.05, 3.63) is 70.2 Å². The van der Waals surface area contributed by atoms with Crippen LogP contribution in [0.15, 0.2) is 58.9 Å². The monoisotopic (exact) mass is 362 g/mol. The number of benzene rings is 1. The van der Waals surface area contributed by atoms with Crippen molar-refractivity contribution in [2.75, 3.05) is 5.32 Å². The highest BCUT2D eigenvalue weighted by atomic mass is 16.2. The molecular formula is C21H22N4O2. The summed E-state index contributed by atoms with van der Waals surface area (Å²) < 4.78 is 3.18. The van der Waals surface area contributed by atoms with E-state index in [9.17, 15) is 14.9 Å². The Morgan fingerprint density at radius 1 is 1.30 bits per heavy atom. The standard InChI is InChI=1S/C21H22N4O2/c1-15-19(21(27)25(24(15)2)18-11-7-4-8-12-18)23-20(26)17(14-22)13-16-9-5-3-6-10-16/h3-5,7-8,11-13,16H,6,9-10H2,1-2H3,(H,23,26)/b17-13-/t16-/m0/s1. The Kier molecular flexibility index (Phi) is 5.41. The van der Waals surface area contributed by atoms with Crippen LogP contribution in [0.4, 0.5) is 5.69 Å².